The summed E-state index contributed by atoms with van der Waals surface area (Å²) in [7, 11) is 5.92. The highest BCUT2D eigenvalue weighted by Gasteiger charge is 2.18. The van der Waals surface area contributed by atoms with Crippen LogP contribution in [0.2, 0.25) is 0 Å². The summed E-state index contributed by atoms with van der Waals surface area (Å²) < 4.78 is 6.37. The average molecular weight is 329 g/mol. The molecule has 0 aliphatic heterocycles. The van der Waals surface area contributed by atoms with Crippen molar-refractivity contribution < 1.29 is 4.74 Å². The largest absolute Gasteiger partial charge is 0.497 e. The molecule has 0 saturated heterocycles. The first-order valence-corrected chi connectivity index (χ1v) is 7.31. The number of nitrogens with zero attached hydrogens (tertiary/aromatic N) is 1. The Morgan fingerprint density at radius 2 is 2.00 bits per heavy atom. The van der Waals surface area contributed by atoms with Gasteiger partial charge in [-0.25, -0.2) is 0 Å². The summed E-state index contributed by atoms with van der Waals surface area (Å²) in [6.07, 6.45) is 0. The minimum Gasteiger partial charge on any atom is -0.497 e. The van der Waals surface area contributed by atoms with E-state index >= 15 is 0 Å². The van der Waals surface area contributed by atoms with Gasteiger partial charge in [0.05, 0.1) is 7.11 Å². The molecule has 1 aromatic carbocycles. The highest BCUT2D eigenvalue weighted by atomic mass is 79.9. The molecule has 1 rings (SSSR count). The molecule has 19 heavy (non-hydrogen) atoms. The van der Waals surface area contributed by atoms with Crippen LogP contribution in [-0.4, -0.2) is 39.2 Å². The number of hydrogen-bond donors (Lipinski definition) is 1. The van der Waals surface area contributed by atoms with E-state index in [-0.39, 0.29) is 5.41 Å². The van der Waals surface area contributed by atoms with Crippen LogP contribution in [0.5, 0.6) is 5.75 Å². The second-order valence-corrected chi connectivity index (χ2v) is 6.82. The second kappa shape index (κ2) is 7.27. The molecule has 0 aliphatic rings. The van der Waals surface area contributed by atoms with E-state index in [1.807, 2.05) is 12.1 Å². The molecule has 0 amide bonds. The second-order valence-electron chi connectivity index (χ2n) is 5.96. The van der Waals surface area contributed by atoms with Crippen molar-refractivity contribution in [3.05, 3.63) is 28.2 Å². The van der Waals surface area contributed by atoms with E-state index in [9.17, 15) is 0 Å². The molecule has 0 atom stereocenters. The first-order valence-electron chi connectivity index (χ1n) is 6.52. The third kappa shape index (κ3) is 5.93. The lowest BCUT2D eigenvalue weighted by molar-refractivity contribution is 0.232. The topological polar surface area (TPSA) is 24.5 Å². The van der Waals surface area contributed by atoms with Gasteiger partial charge in [0.15, 0.2) is 0 Å². The molecule has 0 aromatic heterocycles. The normalized spacial score (nSPS) is 11.9. The maximum Gasteiger partial charge on any atom is 0.119 e. The van der Waals surface area contributed by atoms with Crippen molar-refractivity contribution in [1.29, 1.82) is 0 Å². The van der Waals surface area contributed by atoms with Gasteiger partial charge < -0.3 is 15.0 Å². The SMILES string of the molecule is COc1ccc(Br)c(CNCC(C)(C)CN(C)C)c1. The van der Waals surface area contributed by atoms with Crippen molar-refractivity contribution in [1.82, 2.24) is 10.2 Å². The summed E-state index contributed by atoms with van der Waals surface area (Å²) >= 11 is 3.58. The van der Waals surface area contributed by atoms with Crippen molar-refractivity contribution in [2.75, 3.05) is 34.3 Å². The van der Waals surface area contributed by atoms with Crippen molar-refractivity contribution in [2.45, 2.75) is 20.4 Å². The standard InChI is InChI=1S/C15H25BrN2O/c1-15(2,11-18(3)4)10-17-9-12-8-13(19-5)6-7-14(12)16/h6-8,17H,9-11H2,1-5H3. The predicted octanol–water partition coefficient (Wildman–Crippen LogP) is 3.14. The molecule has 4 heteroatoms. The zero-order chi connectivity index (χ0) is 14.5. The van der Waals surface area contributed by atoms with Crippen LogP contribution in [-0.2, 0) is 6.54 Å². The maximum atomic E-state index is 5.25. The first-order chi connectivity index (χ1) is 8.84. The van der Waals surface area contributed by atoms with Crippen molar-refractivity contribution in [2.24, 2.45) is 5.41 Å². The fourth-order valence-electron chi connectivity index (χ4n) is 2.26. The minimum atomic E-state index is 0.259. The lowest BCUT2D eigenvalue weighted by Crippen LogP contribution is -2.37. The molecule has 0 fully saturated rings. The Labute approximate surface area is 125 Å². The van der Waals surface area contributed by atoms with E-state index in [1.165, 1.54) is 5.56 Å². The Morgan fingerprint density at radius 1 is 1.32 bits per heavy atom. The summed E-state index contributed by atoms with van der Waals surface area (Å²) in [6, 6.07) is 6.06. The molecule has 1 N–H and O–H groups in total. The van der Waals surface area contributed by atoms with Gasteiger partial charge in [-0.1, -0.05) is 29.8 Å². The number of rotatable bonds is 7. The van der Waals surface area contributed by atoms with Crippen LogP contribution in [0.3, 0.4) is 0 Å². The van der Waals surface area contributed by atoms with Gasteiger partial charge in [-0.05, 0) is 43.3 Å². The molecular formula is C15H25BrN2O. The lowest BCUT2D eigenvalue weighted by atomic mass is 9.93. The van der Waals surface area contributed by atoms with Gasteiger partial charge in [0.1, 0.15) is 5.75 Å². The molecular weight excluding hydrogens is 304 g/mol. The third-order valence-electron chi connectivity index (χ3n) is 2.92. The molecule has 0 saturated carbocycles. The van der Waals surface area contributed by atoms with Gasteiger partial charge in [0.2, 0.25) is 0 Å². The van der Waals surface area contributed by atoms with Gasteiger partial charge in [-0.3, -0.25) is 0 Å². The summed E-state index contributed by atoms with van der Waals surface area (Å²) in [5, 5.41) is 3.53. The quantitative estimate of drug-likeness (QED) is 0.832. The van der Waals surface area contributed by atoms with E-state index in [0.717, 1.165) is 29.9 Å². The van der Waals surface area contributed by atoms with Crippen LogP contribution in [0.4, 0.5) is 0 Å². The fourth-order valence-corrected chi connectivity index (χ4v) is 2.65. The fraction of sp³-hybridized carbons (Fsp3) is 0.600. The summed E-state index contributed by atoms with van der Waals surface area (Å²) in [5.74, 6) is 0.896. The van der Waals surface area contributed by atoms with Crippen LogP contribution < -0.4 is 10.1 Å². The van der Waals surface area contributed by atoms with Gasteiger partial charge in [-0.15, -0.1) is 0 Å². The summed E-state index contributed by atoms with van der Waals surface area (Å²) in [5.41, 5.74) is 1.48. The lowest BCUT2D eigenvalue weighted by Gasteiger charge is -2.28. The van der Waals surface area contributed by atoms with Crippen molar-refractivity contribution in [3.63, 3.8) is 0 Å². The van der Waals surface area contributed by atoms with Crippen molar-refractivity contribution >= 4 is 15.9 Å². The molecule has 0 bridgehead atoms. The molecule has 3 nitrogen and oxygen atoms in total. The predicted molar refractivity (Wildman–Crippen MR) is 84.7 cm³/mol. The number of ether oxygens (including phenoxy) is 1. The van der Waals surface area contributed by atoms with Crippen LogP contribution in [0.15, 0.2) is 22.7 Å². The zero-order valence-corrected chi connectivity index (χ0v) is 14.2. The summed E-state index contributed by atoms with van der Waals surface area (Å²) in [6.45, 7) is 7.45. The van der Waals surface area contributed by atoms with E-state index in [4.69, 9.17) is 4.74 Å². The van der Waals surface area contributed by atoms with E-state index in [0.29, 0.717) is 0 Å². The van der Waals surface area contributed by atoms with Crippen LogP contribution in [0.25, 0.3) is 0 Å². The Hall–Kier alpha value is -0.580. The van der Waals surface area contributed by atoms with E-state index in [1.54, 1.807) is 7.11 Å². The van der Waals surface area contributed by atoms with Crippen LogP contribution >= 0.6 is 15.9 Å². The molecule has 0 aliphatic carbocycles. The number of halogens is 1. The highest BCUT2D eigenvalue weighted by Crippen LogP contribution is 2.22. The molecule has 0 heterocycles. The van der Waals surface area contributed by atoms with E-state index < -0.39 is 0 Å². The number of methoxy groups -OCH3 is 1. The zero-order valence-electron chi connectivity index (χ0n) is 12.6. The first kappa shape index (κ1) is 16.5. The molecule has 0 spiro atoms. The molecule has 1 aromatic rings. The Morgan fingerprint density at radius 3 is 2.58 bits per heavy atom. The van der Waals surface area contributed by atoms with Crippen molar-refractivity contribution in [3.8, 4) is 5.75 Å². The molecule has 0 unspecified atom stereocenters. The third-order valence-corrected chi connectivity index (χ3v) is 3.69. The number of benzene rings is 1. The Bertz CT molecular complexity index is 405. The van der Waals surface area contributed by atoms with Gasteiger partial charge in [0, 0.05) is 24.1 Å². The smallest absolute Gasteiger partial charge is 0.119 e. The van der Waals surface area contributed by atoms with Gasteiger partial charge in [0.25, 0.3) is 0 Å². The molecule has 0 radical (unpaired) electrons. The Kier molecular flexibility index (Phi) is 6.30. The van der Waals surface area contributed by atoms with Crippen LogP contribution in [0, 0.1) is 5.41 Å². The molecule has 108 valence electrons. The maximum absolute atomic E-state index is 5.25. The van der Waals surface area contributed by atoms with Crippen LogP contribution in [0.1, 0.15) is 19.4 Å². The Balaban J connectivity index is 2.53. The average Bonchev–Trinajstić information content (AvgIpc) is 2.29. The summed E-state index contributed by atoms with van der Waals surface area (Å²) in [4.78, 5) is 2.23. The van der Waals surface area contributed by atoms with E-state index in [2.05, 4.69) is 60.2 Å². The monoisotopic (exact) mass is 328 g/mol. The van der Waals surface area contributed by atoms with Gasteiger partial charge in [-0.2, -0.15) is 0 Å². The minimum absolute atomic E-state index is 0.259. The number of nitrogens with one attached hydrogen (secondary N) is 1. The number of hydrogen-bond acceptors (Lipinski definition) is 3. The highest BCUT2D eigenvalue weighted by molar-refractivity contribution is 9.10. The van der Waals surface area contributed by atoms with Gasteiger partial charge >= 0.3 is 0 Å².